The molecule has 1 saturated heterocycles. The Labute approximate surface area is 143 Å². The molecule has 1 aliphatic rings. The number of anilines is 1. The van der Waals surface area contributed by atoms with E-state index in [4.69, 9.17) is 4.74 Å². The molecule has 132 valence electrons. The van der Waals surface area contributed by atoms with Crippen LogP contribution in [0.1, 0.15) is 19.8 Å². The number of carbonyl (C=O) groups is 2. The van der Waals surface area contributed by atoms with Crippen LogP contribution in [0.15, 0.2) is 30.3 Å². The zero-order valence-electron chi connectivity index (χ0n) is 14.7. The van der Waals surface area contributed by atoms with Gasteiger partial charge in [-0.1, -0.05) is 18.2 Å². The first-order valence-corrected chi connectivity index (χ1v) is 8.39. The van der Waals surface area contributed by atoms with Gasteiger partial charge < -0.3 is 19.9 Å². The highest BCUT2D eigenvalue weighted by Gasteiger charge is 2.43. The number of nitrogens with one attached hydrogen (secondary N) is 1. The highest BCUT2D eigenvalue weighted by atomic mass is 16.5. The summed E-state index contributed by atoms with van der Waals surface area (Å²) >= 11 is 0. The molecule has 0 spiro atoms. The average Bonchev–Trinajstić information content (AvgIpc) is 2.60. The SMILES string of the molecule is CCOCC(=O)N1CCC(Nc2ccccc2)(C(=O)N(C)C)CC1. The van der Waals surface area contributed by atoms with E-state index in [1.165, 1.54) is 0 Å². The van der Waals surface area contributed by atoms with Crippen LogP contribution in [-0.4, -0.2) is 67.6 Å². The van der Waals surface area contributed by atoms with Crippen molar-refractivity contribution in [1.29, 1.82) is 0 Å². The predicted molar refractivity (Wildman–Crippen MR) is 93.8 cm³/mol. The van der Waals surface area contributed by atoms with Gasteiger partial charge in [0.1, 0.15) is 12.1 Å². The van der Waals surface area contributed by atoms with Gasteiger partial charge in [0.2, 0.25) is 11.8 Å². The van der Waals surface area contributed by atoms with Crippen LogP contribution in [0.3, 0.4) is 0 Å². The molecule has 1 aliphatic heterocycles. The first-order valence-electron chi connectivity index (χ1n) is 8.39. The lowest BCUT2D eigenvalue weighted by molar-refractivity contribution is -0.142. The minimum absolute atomic E-state index is 0.0116. The van der Waals surface area contributed by atoms with Crippen LogP contribution in [0, 0.1) is 0 Å². The van der Waals surface area contributed by atoms with E-state index in [-0.39, 0.29) is 18.4 Å². The van der Waals surface area contributed by atoms with Gasteiger partial charge >= 0.3 is 0 Å². The summed E-state index contributed by atoms with van der Waals surface area (Å²) in [4.78, 5) is 28.3. The molecule has 1 N–H and O–H groups in total. The van der Waals surface area contributed by atoms with Crippen LogP contribution in [0.5, 0.6) is 0 Å². The lowest BCUT2D eigenvalue weighted by Crippen LogP contribution is -2.59. The van der Waals surface area contributed by atoms with Gasteiger partial charge in [0.15, 0.2) is 0 Å². The van der Waals surface area contributed by atoms with Crippen LogP contribution in [0.25, 0.3) is 0 Å². The van der Waals surface area contributed by atoms with Crippen LogP contribution >= 0.6 is 0 Å². The summed E-state index contributed by atoms with van der Waals surface area (Å²) in [6.07, 6.45) is 1.16. The largest absolute Gasteiger partial charge is 0.372 e. The number of rotatable bonds is 6. The molecule has 1 fully saturated rings. The normalized spacial score (nSPS) is 16.5. The summed E-state index contributed by atoms with van der Waals surface area (Å²) in [6.45, 7) is 3.60. The Bertz CT molecular complexity index is 552. The van der Waals surface area contributed by atoms with Crippen molar-refractivity contribution >= 4 is 17.5 Å². The van der Waals surface area contributed by atoms with Crippen molar-refractivity contribution < 1.29 is 14.3 Å². The van der Waals surface area contributed by atoms with Gasteiger partial charge in [-0.3, -0.25) is 9.59 Å². The molecule has 0 saturated carbocycles. The minimum Gasteiger partial charge on any atom is -0.372 e. The summed E-state index contributed by atoms with van der Waals surface area (Å²) < 4.78 is 5.20. The molecule has 6 nitrogen and oxygen atoms in total. The highest BCUT2D eigenvalue weighted by molar-refractivity contribution is 5.89. The van der Waals surface area contributed by atoms with E-state index >= 15 is 0 Å². The molecule has 0 radical (unpaired) electrons. The molecule has 0 aromatic heterocycles. The van der Waals surface area contributed by atoms with Crippen LogP contribution in [0.4, 0.5) is 5.69 Å². The van der Waals surface area contributed by atoms with E-state index in [0.29, 0.717) is 32.5 Å². The number of piperidine rings is 1. The van der Waals surface area contributed by atoms with Crippen molar-refractivity contribution in [2.75, 3.05) is 45.7 Å². The van der Waals surface area contributed by atoms with Crippen LogP contribution < -0.4 is 5.32 Å². The Morgan fingerprint density at radius 1 is 1.21 bits per heavy atom. The fraction of sp³-hybridized carbons (Fsp3) is 0.556. The molecule has 2 amide bonds. The third-order valence-electron chi connectivity index (χ3n) is 4.37. The predicted octanol–water partition coefficient (Wildman–Crippen LogP) is 1.58. The van der Waals surface area contributed by atoms with Gasteiger partial charge in [-0.25, -0.2) is 0 Å². The molecule has 1 aromatic carbocycles. The number of carbonyl (C=O) groups excluding carboxylic acids is 2. The van der Waals surface area contributed by atoms with Crippen molar-refractivity contribution in [3.05, 3.63) is 30.3 Å². The maximum absolute atomic E-state index is 12.8. The van der Waals surface area contributed by atoms with E-state index in [1.54, 1.807) is 23.9 Å². The van der Waals surface area contributed by atoms with Gasteiger partial charge in [-0.15, -0.1) is 0 Å². The summed E-state index contributed by atoms with van der Waals surface area (Å²) in [5.41, 5.74) is 0.245. The highest BCUT2D eigenvalue weighted by Crippen LogP contribution is 2.29. The van der Waals surface area contributed by atoms with E-state index in [1.807, 2.05) is 37.3 Å². The Morgan fingerprint density at radius 3 is 2.38 bits per heavy atom. The van der Waals surface area contributed by atoms with E-state index in [2.05, 4.69) is 5.32 Å². The van der Waals surface area contributed by atoms with Crippen molar-refractivity contribution in [2.24, 2.45) is 0 Å². The lowest BCUT2D eigenvalue weighted by atomic mass is 9.85. The Hall–Kier alpha value is -2.08. The molecular formula is C18H27N3O3. The molecule has 0 bridgehead atoms. The van der Waals surface area contributed by atoms with Gasteiger partial charge in [0, 0.05) is 39.5 Å². The minimum atomic E-state index is -0.673. The monoisotopic (exact) mass is 333 g/mol. The van der Waals surface area contributed by atoms with Crippen molar-refractivity contribution in [3.63, 3.8) is 0 Å². The average molecular weight is 333 g/mol. The summed E-state index contributed by atoms with van der Waals surface area (Å²) in [5, 5.41) is 3.42. The second-order valence-corrected chi connectivity index (χ2v) is 6.29. The number of ether oxygens (including phenoxy) is 1. The molecule has 1 heterocycles. The Balaban J connectivity index is 2.10. The van der Waals surface area contributed by atoms with Crippen LogP contribution in [0.2, 0.25) is 0 Å². The van der Waals surface area contributed by atoms with Gasteiger partial charge in [-0.05, 0) is 31.9 Å². The molecule has 1 aromatic rings. The molecular weight excluding hydrogens is 306 g/mol. The van der Waals surface area contributed by atoms with Gasteiger partial charge in [-0.2, -0.15) is 0 Å². The Morgan fingerprint density at radius 2 is 1.83 bits per heavy atom. The van der Waals surface area contributed by atoms with E-state index in [0.717, 1.165) is 5.69 Å². The third-order valence-corrected chi connectivity index (χ3v) is 4.37. The number of amides is 2. The van der Waals surface area contributed by atoms with Gasteiger partial charge in [0.25, 0.3) is 0 Å². The molecule has 0 unspecified atom stereocenters. The molecule has 2 rings (SSSR count). The quantitative estimate of drug-likeness (QED) is 0.859. The molecule has 6 heteroatoms. The third kappa shape index (κ3) is 4.26. The first kappa shape index (κ1) is 18.3. The smallest absolute Gasteiger partial charge is 0.248 e. The zero-order valence-corrected chi connectivity index (χ0v) is 14.7. The zero-order chi connectivity index (χ0) is 17.6. The lowest BCUT2D eigenvalue weighted by Gasteiger charge is -2.43. The summed E-state index contributed by atoms with van der Waals surface area (Å²) in [7, 11) is 3.53. The number of hydrogen-bond acceptors (Lipinski definition) is 4. The Kier molecular flexibility index (Phi) is 6.20. The fourth-order valence-electron chi connectivity index (χ4n) is 3.04. The number of nitrogens with zero attached hydrogens (tertiary/aromatic N) is 2. The molecule has 0 atom stereocenters. The second kappa shape index (κ2) is 8.15. The first-order chi connectivity index (χ1) is 11.5. The van der Waals surface area contributed by atoms with E-state index < -0.39 is 5.54 Å². The molecule has 24 heavy (non-hydrogen) atoms. The number of hydrogen-bond donors (Lipinski definition) is 1. The van der Waals surface area contributed by atoms with E-state index in [9.17, 15) is 9.59 Å². The number of likely N-dealkylation sites (N-methyl/N-ethyl adjacent to an activating group) is 1. The number of benzene rings is 1. The number of para-hydroxylation sites is 1. The maximum atomic E-state index is 12.8. The number of likely N-dealkylation sites (tertiary alicyclic amines) is 1. The van der Waals surface area contributed by atoms with Crippen molar-refractivity contribution in [1.82, 2.24) is 9.80 Å². The van der Waals surface area contributed by atoms with Gasteiger partial charge in [0.05, 0.1) is 0 Å². The van der Waals surface area contributed by atoms with Crippen molar-refractivity contribution in [2.45, 2.75) is 25.3 Å². The summed E-state index contributed by atoms with van der Waals surface area (Å²) in [5.74, 6) is 0.0331. The second-order valence-electron chi connectivity index (χ2n) is 6.29. The standard InChI is InChI=1S/C18H27N3O3/c1-4-24-14-16(22)21-12-10-18(11-13-21,17(23)20(2)3)19-15-8-6-5-7-9-15/h5-9,19H,4,10-14H2,1-3H3. The topological polar surface area (TPSA) is 61.9 Å². The fourth-order valence-corrected chi connectivity index (χ4v) is 3.04. The maximum Gasteiger partial charge on any atom is 0.248 e. The summed E-state index contributed by atoms with van der Waals surface area (Å²) in [6, 6.07) is 9.74. The molecule has 0 aliphatic carbocycles. The van der Waals surface area contributed by atoms with Crippen molar-refractivity contribution in [3.8, 4) is 0 Å². The van der Waals surface area contributed by atoms with Crippen LogP contribution in [-0.2, 0) is 14.3 Å².